The monoisotopic (exact) mass is 379 g/mol. The minimum atomic E-state index is -0.408. The van der Waals surface area contributed by atoms with Crippen LogP contribution in [0, 0.1) is 6.92 Å². The second-order valence-electron chi connectivity index (χ2n) is 6.25. The van der Waals surface area contributed by atoms with Gasteiger partial charge in [0, 0.05) is 13.0 Å². The van der Waals surface area contributed by atoms with Gasteiger partial charge in [0.05, 0.1) is 21.2 Å². The predicted octanol–water partition coefficient (Wildman–Crippen LogP) is 4.87. The Morgan fingerprint density at radius 2 is 2.04 bits per heavy atom. The summed E-state index contributed by atoms with van der Waals surface area (Å²) >= 11 is 1.47. The first-order chi connectivity index (χ1) is 13.0. The van der Waals surface area contributed by atoms with E-state index in [-0.39, 0.29) is 5.43 Å². The topological polar surface area (TPSA) is 69.4 Å². The van der Waals surface area contributed by atoms with Gasteiger partial charge >= 0.3 is 5.97 Å². The zero-order valence-electron chi connectivity index (χ0n) is 15.2. The number of carbonyl (C=O) groups is 1. The molecule has 0 unspecified atom stereocenters. The molecule has 0 fully saturated rings. The molecule has 6 heteroatoms. The molecule has 0 saturated carbocycles. The summed E-state index contributed by atoms with van der Waals surface area (Å²) in [6, 6.07) is 11.1. The van der Waals surface area contributed by atoms with Crippen LogP contribution in [0.15, 0.2) is 45.6 Å². The van der Waals surface area contributed by atoms with Gasteiger partial charge in [0.1, 0.15) is 22.1 Å². The zero-order chi connectivity index (χ0) is 19.1. The number of carbonyl (C=O) groups excluding carboxylic acids is 1. The number of para-hydroxylation sites is 1. The van der Waals surface area contributed by atoms with Crippen molar-refractivity contribution in [2.45, 2.75) is 27.2 Å². The van der Waals surface area contributed by atoms with Crippen LogP contribution in [-0.4, -0.2) is 11.0 Å². The Morgan fingerprint density at radius 1 is 1.26 bits per heavy atom. The van der Waals surface area contributed by atoms with Gasteiger partial charge in [-0.15, -0.1) is 11.3 Å². The van der Waals surface area contributed by atoms with Crippen molar-refractivity contribution in [2.75, 3.05) is 0 Å². The maximum absolute atomic E-state index is 13.2. The summed E-state index contributed by atoms with van der Waals surface area (Å²) in [5.41, 5.74) is 2.39. The molecule has 0 amide bonds. The van der Waals surface area contributed by atoms with Gasteiger partial charge in [0.15, 0.2) is 0 Å². The number of esters is 1. The highest BCUT2D eigenvalue weighted by Gasteiger charge is 2.19. The first-order valence-corrected chi connectivity index (χ1v) is 9.44. The molecule has 5 nitrogen and oxygen atoms in total. The second kappa shape index (κ2) is 6.63. The molecule has 4 rings (SSSR count). The molecule has 0 N–H and O–H groups in total. The summed E-state index contributed by atoms with van der Waals surface area (Å²) in [5.74, 6) is 0.506. The highest BCUT2D eigenvalue weighted by molar-refractivity contribution is 7.21. The van der Waals surface area contributed by atoms with Crippen molar-refractivity contribution in [2.24, 2.45) is 0 Å². The molecule has 0 aliphatic rings. The first kappa shape index (κ1) is 17.4. The Kier molecular flexibility index (Phi) is 4.28. The van der Waals surface area contributed by atoms with E-state index in [0.717, 1.165) is 15.8 Å². The molecule has 0 aliphatic heterocycles. The van der Waals surface area contributed by atoms with Crippen LogP contribution in [0.3, 0.4) is 0 Å². The van der Waals surface area contributed by atoms with Crippen molar-refractivity contribution in [1.29, 1.82) is 0 Å². The SMILES string of the molecule is CCc1cc2c(=O)c(-c3nc4ccccc4s3)c(C)oc2cc1OC(C)=O. The number of fused-ring (bicyclic) bond motifs is 2. The number of thiazole rings is 1. The van der Waals surface area contributed by atoms with Crippen LogP contribution in [0.2, 0.25) is 0 Å². The summed E-state index contributed by atoms with van der Waals surface area (Å²) in [4.78, 5) is 29.2. The van der Waals surface area contributed by atoms with Gasteiger partial charge in [-0.25, -0.2) is 4.98 Å². The van der Waals surface area contributed by atoms with Crippen LogP contribution in [0.5, 0.6) is 5.75 Å². The Hall–Kier alpha value is -2.99. The van der Waals surface area contributed by atoms with E-state index >= 15 is 0 Å². The van der Waals surface area contributed by atoms with Gasteiger partial charge in [-0.2, -0.15) is 0 Å². The molecular formula is C21H17NO4S. The number of nitrogens with zero attached hydrogens (tertiary/aromatic N) is 1. The second-order valence-corrected chi connectivity index (χ2v) is 7.28. The molecule has 2 aromatic carbocycles. The van der Waals surface area contributed by atoms with E-state index in [1.807, 2.05) is 31.2 Å². The maximum atomic E-state index is 13.2. The van der Waals surface area contributed by atoms with Gasteiger partial charge in [-0.05, 0) is 37.1 Å². The van der Waals surface area contributed by atoms with Crippen molar-refractivity contribution in [3.05, 3.63) is 57.9 Å². The lowest BCUT2D eigenvalue weighted by Crippen LogP contribution is -2.09. The van der Waals surface area contributed by atoms with Crippen molar-refractivity contribution >= 4 is 38.5 Å². The van der Waals surface area contributed by atoms with Crippen LogP contribution >= 0.6 is 11.3 Å². The Balaban J connectivity index is 1.97. The molecule has 2 aromatic heterocycles. The first-order valence-electron chi connectivity index (χ1n) is 8.62. The fourth-order valence-electron chi connectivity index (χ4n) is 3.13. The molecule has 0 spiro atoms. The van der Waals surface area contributed by atoms with Crippen molar-refractivity contribution < 1.29 is 13.9 Å². The van der Waals surface area contributed by atoms with Crippen molar-refractivity contribution in [1.82, 2.24) is 4.98 Å². The molecule has 0 bridgehead atoms. The summed E-state index contributed by atoms with van der Waals surface area (Å²) in [6.45, 7) is 5.04. The summed E-state index contributed by atoms with van der Waals surface area (Å²) < 4.78 is 12.2. The van der Waals surface area contributed by atoms with E-state index in [2.05, 4.69) is 4.98 Å². The van der Waals surface area contributed by atoms with Crippen molar-refractivity contribution in [3.63, 3.8) is 0 Å². The molecule has 136 valence electrons. The van der Waals surface area contributed by atoms with Gasteiger partial charge in [0.2, 0.25) is 5.43 Å². The minimum Gasteiger partial charge on any atom is -0.460 e. The molecular weight excluding hydrogens is 362 g/mol. The van der Waals surface area contributed by atoms with E-state index in [4.69, 9.17) is 9.15 Å². The third-order valence-electron chi connectivity index (χ3n) is 4.39. The van der Waals surface area contributed by atoms with E-state index in [1.54, 1.807) is 19.1 Å². The highest BCUT2D eigenvalue weighted by atomic mass is 32.1. The van der Waals surface area contributed by atoms with Crippen LogP contribution in [0.4, 0.5) is 0 Å². The lowest BCUT2D eigenvalue weighted by molar-refractivity contribution is -0.131. The number of hydrogen-bond donors (Lipinski definition) is 0. The van der Waals surface area contributed by atoms with Gasteiger partial charge in [0.25, 0.3) is 0 Å². The van der Waals surface area contributed by atoms with Crippen molar-refractivity contribution in [3.8, 4) is 16.3 Å². The fraction of sp³-hybridized carbons (Fsp3) is 0.190. The van der Waals surface area contributed by atoms with Gasteiger partial charge in [-0.3, -0.25) is 9.59 Å². The maximum Gasteiger partial charge on any atom is 0.308 e. The average molecular weight is 379 g/mol. The van der Waals surface area contributed by atoms with Gasteiger partial charge < -0.3 is 9.15 Å². The summed E-state index contributed by atoms with van der Waals surface area (Å²) in [6.07, 6.45) is 0.627. The molecule has 0 saturated heterocycles. The highest BCUT2D eigenvalue weighted by Crippen LogP contribution is 2.33. The van der Waals surface area contributed by atoms with Crippen LogP contribution in [0.1, 0.15) is 25.2 Å². The standard InChI is InChI=1S/C21H17NO4S/c1-4-13-9-14-17(10-16(13)26-12(3)23)25-11(2)19(20(14)24)21-22-15-7-5-6-8-18(15)27-21/h5-10H,4H2,1-3H3. The van der Waals surface area contributed by atoms with Gasteiger partial charge in [-0.1, -0.05) is 19.1 Å². The van der Waals surface area contributed by atoms with E-state index in [1.165, 1.54) is 18.3 Å². The molecule has 2 heterocycles. The molecule has 0 aliphatic carbocycles. The van der Waals surface area contributed by atoms with Crippen LogP contribution < -0.4 is 10.2 Å². The van der Waals surface area contributed by atoms with E-state index in [0.29, 0.717) is 39.5 Å². The summed E-state index contributed by atoms with van der Waals surface area (Å²) in [5, 5.41) is 1.11. The lowest BCUT2D eigenvalue weighted by Gasteiger charge is -2.10. The summed E-state index contributed by atoms with van der Waals surface area (Å²) in [7, 11) is 0. The molecule has 0 radical (unpaired) electrons. The Bertz CT molecular complexity index is 1220. The number of benzene rings is 2. The minimum absolute atomic E-state index is 0.128. The normalized spacial score (nSPS) is 11.2. The van der Waals surface area contributed by atoms with E-state index < -0.39 is 5.97 Å². The molecule has 4 aromatic rings. The Morgan fingerprint density at radius 3 is 2.74 bits per heavy atom. The number of ether oxygens (including phenoxy) is 1. The number of rotatable bonds is 3. The predicted molar refractivity (Wildman–Crippen MR) is 107 cm³/mol. The largest absolute Gasteiger partial charge is 0.460 e. The van der Waals surface area contributed by atoms with Crippen LogP contribution in [-0.2, 0) is 11.2 Å². The molecule has 27 heavy (non-hydrogen) atoms. The third kappa shape index (κ3) is 3.02. The third-order valence-corrected chi connectivity index (χ3v) is 5.45. The average Bonchev–Trinajstić information content (AvgIpc) is 3.04. The lowest BCUT2D eigenvalue weighted by atomic mass is 10.1. The quantitative estimate of drug-likeness (QED) is 0.375. The Labute approximate surface area is 159 Å². The van der Waals surface area contributed by atoms with Crippen LogP contribution in [0.25, 0.3) is 31.8 Å². The molecule has 0 atom stereocenters. The smallest absolute Gasteiger partial charge is 0.308 e. The number of aryl methyl sites for hydroxylation is 2. The number of hydrogen-bond acceptors (Lipinski definition) is 6. The zero-order valence-corrected chi connectivity index (χ0v) is 16.0. The van der Waals surface area contributed by atoms with E-state index in [9.17, 15) is 9.59 Å². The fourth-order valence-corrected chi connectivity index (χ4v) is 4.19. The number of aromatic nitrogens is 1.